The van der Waals surface area contributed by atoms with Crippen molar-refractivity contribution in [3.63, 3.8) is 0 Å². The molecule has 1 heterocycles. The van der Waals surface area contributed by atoms with E-state index in [0.717, 1.165) is 14.5 Å². The second-order valence-corrected chi connectivity index (χ2v) is 5.33. The molecule has 0 amide bonds. The number of benzene rings is 1. The Kier molecular flexibility index (Phi) is 3.47. The van der Waals surface area contributed by atoms with Gasteiger partial charge in [0.15, 0.2) is 0 Å². The SMILES string of the molecule is Cn1ccnc1C(O)c1cc(Br)cc(Br)c1. The maximum absolute atomic E-state index is 10.2. The minimum absolute atomic E-state index is 0.630. The highest BCUT2D eigenvalue weighted by Gasteiger charge is 2.15. The minimum Gasteiger partial charge on any atom is -0.380 e. The fourth-order valence-corrected chi connectivity index (χ4v) is 2.85. The Labute approximate surface area is 110 Å². The molecule has 1 aromatic carbocycles. The first-order chi connectivity index (χ1) is 7.58. The van der Waals surface area contributed by atoms with Gasteiger partial charge in [-0.1, -0.05) is 31.9 Å². The van der Waals surface area contributed by atoms with Gasteiger partial charge in [-0.25, -0.2) is 4.98 Å². The fourth-order valence-electron chi connectivity index (χ4n) is 1.52. The van der Waals surface area contributed by atoms with Crippen molar-refractivity contribution in [3.05, 3.63) is 50.9 Å². The molecule has 3 nitrogen and oxygen atoms in total. The zero-order chi connectivity index (χ0) is 11.7. The molecule has 84 valence electrons. The molecule has 0 aliphatic heterocycles. The highest BCUT2D eigenvalue weighted by atomic mass is 79.9. The summed E-state index contributed by atoms with van der Waals surface area (Å²) in [7, 11) is 1.86. The van der Waals surface area contributed by atoms with E-state index >= 15 is 0 Å². The lowest BCUT2D eigenvalue weighted by Gasteiger charge is -2.11. The lowest BCUT2D eigenvalue weighted by atomic mass is 10.1. The van der Waals surface area contributed by atoms with Gasteiger partial charge >= 0.3 is 0 Å². The topological polar surface area (TPSA) is 38.0 Å². The van der Waals surface area contributed by atoms with Crippen molar-refractivity contribution in [1.82, 2.24) is 9.55 Å². The van der Waals surface area contributed by atoms with Gasteiger partial charge in [0.2, 0.25) is 0 Å². The summed E-state index contributed by atoms with van der Waals surface area (Å²) in [5.41, 5.74) is 0.801. The molecule has 0 saturated heterocycles. The van der Waals surface area contributed by atoms with Crippen LogP contribution in [0.25, 0.3) is 0 Å². The maximum Gasteiger partial charge on any atom is 0.142 e. The molecule has 0 aliphatic carbocycles. The van der Waals surface area contributed by atoms with Crippen LogP contribution in [0.15, 0.2) is 39.5 Å². The van der Waals surface area contributed by atoms with Crippen molar-refractivity contribution < 1.29 is 5.11 Å². The molecule has 0 spiro atoms. The Morgan fingerprint density at radius 2 is 1.88 bits per heavy atom. The van der Waals surface area contributed by atoms with Crippen molar-refractivity contribution >= 4 is 31.9 Å². The molecule has 0 radical (unpaired) electrons. The van der Waals surface area contributed by atoms with Crippen LogP contribution in [0.1, 0.15) is 17.5 Å². The third-order valence-corrected chi connectivity index (χ3v) is 3.22. The van der Waals surface area contributed by atoms with Gasteiger partial charge in [-0.05, 0) is 23.8 Å². The van der Waals surface area contributed by atoms with Crippen LogP contribution in [0.2, 0.25) is 0 Å². The van der Waals surface area contributed by atoms with Gasteiger partial charge in [-0.3, -0.25) is 0 Å². The summed E-state index contributed by atoms with van der Waals surface area (Å²) in [5, 5.41) is 10.2. The van der Waals surface area contributed by atoms with Crippen LogP contribution in [0.3, 0.4) is 0 Å². The third kappa shape index (κ3) is 2.36. The molecule has 0 aliphatic rings. The van der Waals surface area contributed by atoms with Gasteiger partial charge in [-0.2, -0.15) is 0 Å². The fraction of sp³-hybridized carbons (Fsp3) is 0.182. The first-order valence-corrected chi connectivity index (χ1v) is 6.28. The number of aromatic nitrogens is 2. The zero-order valence-corrected chi connectivity index (χ0v) is 11.7. The number of rotatable bonds is 2. The van der Waals surface area contributed by atoms with E-state index in [1.165, 1.54) is 0 Å². The molecule has 5 heteroatoms. The molecule has 2 aromatic rings. The maximum atomic E-state index is 10.2. The van der Waals surface area contributed by atoms with Crippen LogP contribution in [-0.4, -0.2) is 14.7 Å². The van der Waals surface area contributed by atoms with Crippen LogP contribution >= 0.6 is 31.9 Å². The average molecular weight is 346 g/mol. The Hall–Kier alpha value is -0.650. The molecule has 1 aromatic heterocycles. The Morgan fingerprint density at radius 3 is 2.38 bits per heavy atom. The monoisotopic (exact) mass is 344 g/mol. The van der Waals surface area contributed by atoms with Crippen molar-refractivity contribution in [1.29, 1.82) is 0 Å². The molecule has 0 fully saturated rings. The van der Waals surface area contributed by atoms with E-state index in [4.69, 9.17) is 0 Å². The van der Waals surface area contributed by atoms with Crippen LogP contribution < -0.4 is 0 Å². The van der Waals surface area contributed by atoms with Crippen LogP contribution in [0, 0.1) is 0 Å². The number of aliphatic hydroxyl groups is 1. The van der Waals surface area contributed by atoms with E-state index in [0.29, 0.717) is 5.82 Å². The summed E-state index contributed by atoms with van der Waals surface area (Å²) < 4.78 is 3.65. The number of halogens is 2. The molecule has 0 saturated carbocycles. The molecule has 1 unspecified atom stereocenters. The third-order valence-electron chi connectivity index (χ3n) is 2.30. The summed E-state index contributed by atoms with van der Waals surface area (Å²) in [6.07, 6.45) is 2.77. The van der Waals surface area contributed by atoms with Crippen LogP contribution in [-0.2, 0) is 7.05 Å². The lowest BCUT2D eigenvalue weighted by molar-refractivity contribution is 0.206. The highest BCUT2D eigenvalue weighted by Crippen LogP contribution is 2.27. The number of hydrogen-bond acceptors (Lipinski definition) is 2. The summed E-state index contributed by atoms with van der Waals surface area (Å²) in [5.74, 6) is 0.630. The molecule has 16 heavy (non-hydrogen) atoms. The summed E-state index contributed by atoms with van der Waals surface area (Å²) in [6.45, 7) is 0. The van der Waals surface area contributed by atoms with Gasteiger partial charge < -0.3 is 9.67 Å². The first kappa shape index (κ1) is 11.8. The van der Waals surface area contributed by atoms with E-state index < -0.39 is 6.10 Å². The lowest BCUT2D eigenvalue weighted by Crippen LogP contribution is -2.06. The smallest absolute Gasteiger partial charge is 0.142 e. The molecule has 2 rings (SSSR count). The van der Waals surface area contributed by atoms with Gasteiger partial charge in [0.05, 0.1) is 0 Å². The Bertz CT molecular complexity index is 490. The number of aliphatic hydroxyl groups excluding tert-OH is 1. The standard InChI is InChI=1S/C11H10Br2N2O/c1-15-3-2-14-11(15)10(16)7-4-8(12)6-9(13)5-7/h2-6,10,16H,1H3. The molecule has 1 atom stereocenters. The molecular weight excluding hydrogens is 336 g/mol. The van der Waals surface area contributed by atoms with Crippen molar-refractivity contribution in [2.45, 2.75) is 6.10 Å². The molecule has 1 N–H and O–H groups in total. The number of imidazole rings is 1. The van der Waals surface area contributed by atoms with Crippen molar-refractivity contribution in [3.8, 4) is 0 Å². The van der Waals surface area contributed by atoms with E-state index in [2.05, 4.69) is 36.8 Å². The van der Waals surface area contributed by atoms with E-state index in [9.17, 15) is 5.11 Å². The Balaban J connectivity index is 2.41. The number of aryl methyl sites for hydroxylation is 1. The Morgan fingerprint density at radius 1 is 1.25 bits per heavy atom. The number of nitrogens with zero attached hydrogens (tertiary/aromatic N) is 2. The van der Waals surface area contributed by atoms with Crippen molar-refractivity contribution in [2.24, 2.45) is 7.05 Å². The van der Waals surface area contributed by atoms with E-state index in [1.807, 2.05) is 31.4 Å². The van der Waals surface area contributed by atoms with Gasteiger partial charge in [0.25, 0.3) is 0 Å². The predicted octanol–water partition coefficient (Wildman–Crippen LogP) is 3.03. The molecule has 0 bridgehead atoms. The zero-order valence-electron chi connectivity index (χ0n) is 8.56. The summed E-state index contributed by atoms with van der Waals surface area (Å²) in [6, 6.07) is 5.68. The molecular formula is C11H10Br2N2O. The van der Waals surface area contributed by atoms with Gasteiger partial charge in [0.1, 0.15) is 11.9 Å². The highest BCUT2D eigenvalue weighted by molar-refractivity contribution is 9.11. The van der Waals surface area contributed by atoms with E-state index in [1.54, 1.807) is 10.8 Å². The normalized spacial score (nSPS) is 12.8. The van der Waals surface area contributed by atoms with Gasteiger partial charge in [0, 0.05) is 28.4 Å². The summed E-state index contributed by atoms with van der Waals surface area (Å²) >= 11 is 6.79. The largest absolute Gasteiger partial charge is 0.380 e. The predicted molar refractivity (Wildman–Crippen MR) is 69.1 cm³/mol. The summed E-state index contributed by atoms with van der Waals surface area (Å²) in [4.78, 5) is 4.13. The minimum atomic E-state index is -0.714. The average Bonchev–Trinajstić information content (AvgIpc) is 2.62. The van der Waals surface area contributed by atoms with Gasteiger partial charge in [-0.15, -0.1) is 0 Å². The number of hydrogen-bond donors (Lipinski definition) is 1. The second-order valence-electron chi connectivity index (χ2n) is 3.50. The first-order valence-electron chi connectivity index (χ1n) is 4.69. The van der Waals surface area contributed by atoms with Crippen LogP contribution in [0.5, 0.6) is 0 Å². The quantitative estimate of drug-likeness (QED) is 0.908. The van der Waals surface area contributed by atoms with Crippen molar-refractivity contribution in [2.75, 3.05) is 0 Å². The second kappa shape index (κ2) is 4.69. The van der Waals surface area contributed by atoms with Crippen LogP contribution in [0.4, 0.5) is 0 Å². The van der Waals surface area contributed by atoms with E-state index in [-0.39, 0.29) is 0 Å².